The Kier molecular flexibility index (Phi) is 2.31. The van der Waals surface area contributed by atoms with E-state index in [1.807, 2.05) is 0 Å². The van der Waals surface area contributed by atoms with Crippen molar-refractivity contribution < 1.29 is 19.5 Å². The zero-order valence-electron chi connectivity index (χ0n) is 9.06. The molecule has 1 aromatic rings. The third-order valence-corrected chi connectivity index (χ3v) is 2.59. The van der Waals surface area contributed by atoms with Gasteiger partial charge in [-0.2, -0.15) is 0 Å². The van der Waals surface area contributed by atoms with E-state index in [-0.39, 0.29) is 11.1 Å². The molecule has 0 spiro atoms. The highest BCUT2D eigenvalue weighted by atomic mass is 16.4. The quantitative estimate of drug-likeness (QED) is 0.739. The first kappa shape index (κ1) is 11.1. The second-order valence-corrected chi connectivity index (χ2v) is 3.68. The van der Waals surface area contributed by atoms with Gasteiger partial charge in [0.25, 0.3) is 5.91 Å². The molecule has 0 saturated carbocycles. The summed E-state index contributed by atoms with van der Waals surface area (Å²) < 4.78 is 0. The molecule has 2 amide bonds. The summed E-state index contributed by atoms with van der Waals surface area (Å²) in [6.45, 7) is 4.84. The van der Waals surface area contributed by atoms with Crippen molar-refractivity contribution in [3.05, 3.63) is 35.9 Å². The first-order valence-electron chi connectivity index (χ1n) is 4.85. The van der Waals surface area contributed by atoms with Crippen LogP contribution in [0.25, 0.3) is 5.57 Å². The largest absolute Gasteiger partial charge is 0.478 e. The summed E-state index contributed by atoms with van der Waals surface area (Å²) in [5.74, 6) is -2.01. The standard InChI is InChI=1S/C12H9NO4/c1-6-9-5-8(12(16)17)3-4-10(9)13(7(2)14)11(6)15/h3-5H,1H2,2H3,(H,16,17). The van der Waals surface area contributed by atoms with Crippen LogP contribution < -0.4 is 4.90 Å². The van der Waals surface area contributed by atoms with E-state index in [4.69, 9.17) is 5.11 Å². The number of anilines is 1. The zero-order chi connectivity index (χ0) is 12.7. The number of rotatable bonds is 1. The molecule has 0 bridgehead atoms. The number of benzene rings is 1. The van der Waals surface area contributed by atoms with Crippen LogP contribution in [-0.2, 0) is 9.59 Å². The SMILES string of the molecule is C=C1C(=O)N(C(C)=O)c2ccc(C(=O)O)cc21. The van der Waals surface area contributed by atoms with Crippen molar-refractivity contribution in [1.29, 1.82) is 0 Å². The Bertz CT molecular complexity index is 574. The summed E-state index contributed by atoms with van der Waals surface area (Å²) in [5, 5.41) is 8.85. The number of carbonyl (C=O) groups excluding carboxylic acids is 2. The second kappa shape index (κ2) is 3.55. The summed E-state index contributed by atoms with van der Waals surface area (Å²) in [4.78, 5) is 34.9. The average Bonchev–Trinajstić information content (AvgIpc) is 2.51. The third kappa shape index (κ3) is 1.52. The number of nitrogens with zero attached hydrogens (tertiary/aromatic N) is 1. The van der Waals surface area contributed by atoms with E-state index in [1.54, 1.807) is 0 Å². The fraction of sp³-hybridized carbons (Fsp3) is 0.0833. The number of amides is 2. The number of carboxylic acids is 1. The molecule has 5 nitrogen and oxygen atoms in total. The minimum atomic E-state index is -1.09. The summed E-state index contributed by atoms with van der Waals surface area (Å²) in [6, 6.07) is 4.14. The summed E-state index contributed by atoms with van der Waals surface area (Å²) in [5.41, 5.74) is 0.976. The number of carboxylic acid groups (broad SMARTS) is 1. The molecule has 5 heteroatoms. The molecule has 1 aliphatic heterocycles. The molecule has 0 atom stereocenters. The summed E-state index contributed by atoms with van der Waals surface area (Å²) in [7, 11) is 0. The Morgan fingerprint density at radius 2 is 2.00 bits per heavy atom. The van der Waals surface area contributed by atoms with Gasteiger partial charge in [0.05, 0.1) is 11.3 Å². The van der Waals surface area contributed by atoms with Crippen LogP contribution in [0.3, 0.4) is 0 Å². The van der Waals surface area contributed by atoms with Crippen LogP contribution in [0.15, 0.2) is 24.8 Å². The van der Waals surface area contributed by atoms with Crippen LogP contribution in [0.5, 0.6) is 0 Å². The Balaban J connectivity index is 2.63. The number of aromatic carboxylic acids is 1. The molecule has 1 heterocycles. The molecule has 86 valence electrons. The third-order valence-electron chi connectivity index (χ3n) is 2.59. The van der Waals surface area contributed by atoms with Crippen molar-refractivity contribution in [3.8, 4) is 0 Å². The molecule has 1 aliphatic rings. The molecule has 17 heavy (non-hydrogen) atoms. The van der Waals surface area contributed by atoms with Crippen molar-refractivity contribution in [2.75, 3.05) is 4.90 Å². The molecule has 2 rings (SSSR count). The zero-order valence-corrected chi connectivity index (χ0v) is 9.06. The fourth-order valence-corrected chi connectivity index (χ4v) is 1.78. The van der Waals surface area contributed by atoms with Crippen molar-refractivity contribution in [2.45, 2.75) is 6.92 Å². The van der Waals surface area contributed by atoms with Gasteiger partial charge in [0, 0.05) is 18.1 Å². The van der Waals surface area contributed by atoms with Crippen LogP contribution in [0.1, 0.15) is 22.8 Å². The predicted molar refractivity (Wildman–Crippen MR) is 60.6 cm³/mol. The normalized spacial score (nSPS) is 13.8. The molecule has 0 radical (unpaired) electrons. The molecule has 0 unspecified atom stereocenters. The number of imide groups is 1. The van der Waals surface area contributed by atoms with Gasteiger partial charge >= 0.3 is 5.97 Å². The molecule has 1 aromatic carbocycles. The number of carbonyl (C=O) groups is 3. The van der Waals surface area contributed by atoms with E-state index >= 15 is 0 Å². The molecule has 0 aromatic heterocycles. The van der Waals surface area contributed by atoms with E-state index in [0.29, 0.717) is 11.3 Å². The highest BCUT2D eigenvalue weighted by Crippen LogP contribution is 2.36. The minimum absolute atomic E-state index is 0.0584. The first-order valence-corrected chi connectivity index (χ1v) is 4.85. The maximum absolute atomic E-state index is 11.7. The highest BCUT2D eigenvalue weighted by molar-refractivity contribution is 6.39. The molecule has 0 fully saturated rings. The number of hydrogen-bond donors (Lipinski definition) is 1. The first-order chi connectivity index (χ1) is 7.93. The molecule has 0 aliphatic carbocycles. The van der Waals surface area contributed by atoms with Gasteiger partial charge in [0.1, 0.15) is 0 Å². The highest BCUT2D eigenvalue weighted by Gasteiger charge is 2.34. The lowest BCUT2D eigenvalue weighted by Crippen LogP contribution is -2.30. The van der Waals surface area contributed by atoms with Crippen molar-refractivity contribution in [1.82, 2.24) is 0 Å². The lowest BCUT2D eigenvalue weighted by Gasteiger charge is -2.11. The van der Waals surface area contributed by atoms with Gasteiger partial charge in [-0.3, -0.25) is 9.59 Å². The Morgan fingerprint density at radius 1 is 1.35 bits per heavy atom. The lowest BCUT2D eigenvalue weighted by atomic mass is 10.1. The monoisotopic (exact) mass is 231 g/mol. The van der Waals surface area contributed by atoms with Gasteiger partial charge in [-0.1, -0.05) is 6.58 Å². The van der Waals surface area contributed by atoms with Crippen molar-refractivity contribution in [2.24, 2.45) is 0 Å². The van der Waals surface area contributed by atoms with E-state index in [0.717, 1.165) is 4.90 Å². The summed E-state index contributed by atoms with van der Waals surface area (Å²) in [6.07, 6.45) is 0. The maximum atomic E-state index is 11.7. The fourth-order valence-electron chi connectivity index (χ4n) is 1.78. The van der Waals surface area contributed by atoms with Crippen LogP contribution in [-0.4, -0.2) is 22.9 Å². The number of fused-ring (bicyclic) bond motifs is 1. The van der Waals surface area contributed by atoms with Crippen LogP contribution in [0.2, 0.25) is 0 Å². The van der Waals surface area contributed by atoms with Crippen LogP contribution >= 0.6 is 0 Å². The van der Waals surface area contributed by atoms with Gasteiger partial charge in [-0.15, -0.1) is 0 Å². The summed E-state index contributed by atoms with van der Waals surface area (Å²) >= 11 is 0. The molecular weight excluding hydrogens is 222 g/mol. The van der Waals surface area contributed by atoms with Crippen LogP contribution in [0.4, 0.5) is 5.69 Å². The Hall–Kier alpha value is -2.43. The topological polar surface area (TPSA) is 74.7 Å². The van der Waals surface area contributed by atoms with Gasteiger partial charge < -0.3 is 5.11 Å². The molecule has 0 saturated heterocycles. The van der Waals surface area contributed by atoms with Crippen molar-refractivity contribution >= 4 is 29.0 Å². The Labute approximate surface area is 97.0 Å². The molecule has 1 N–H and O–H groups in total. The average molecular weight is 231 g/mol. The van der Waals surface area contributed by atoms with Crippen LogP contribution in [0, 0.1) is 0 Å². The van der Waals surface area contributed by atoms with Crippen molar-refractivity contribution in [3.63, 3.8) is 0 Å². The molecular formula is C12H9NO4. The van der Waals surface area contributed by atoms with E-state index < -0.39 is 17.8 Å². The van der Waals surface area contributed by atoms with Gasteiger partial charge in [-0.05, 0) is 18.2 Å². The minimum Gasteiger partial charge on any atom is -0.478 e. The van der Waals surface area contributed by atoms with Gasteiger partial charge in [0.15, 0.2) is 0 Å². The van der Waals surface area contributed by atoms with E-state index in [1.165, 1.54) is 25.1 Å². The van der Waals surface area contributed by atoms with E-state index in [2.05, 4.69) is 6.58 Å². The maximum Gasteiger partial charge on any atom is 0.335 e. The number of hydrogen-bond acceptors (Lipinski definition) is 3. The van der Waals surface area contributed by atoms with E-state index in [9.17, 15) is 14.4 Å². The second-order valence-electron chi connectivity index (χ2n) is 3.68. The van der Waals surface area contributed by atoms with Gasteiger partial charge in [0.2, 0.25) is 5.91 Å². The smallest absolute Gasteiger partial charge is 0.335 e. The lowest BCUT2D eigenvalue weighted by molar-refractivity contribution is -0.122. The predicted octanol–water partition coefficient (Wildman–Crippen LogP) is 1.29. The Morgan fingerprint density at radius 3 is 2.53 bits per heavy atom. The van der Waals surface area contributed by atoms with Gasteiger partial charge in [-0.25, -0.2) is 9.69 Å².